The Morgan fingerprint density at radius 1 is 0.667 bits per heavy atom. The number of esters is 7. The molecule has 3 fully saturated rings. The number of amides is 2. The third-order valence-electron chi connectivity index (χ3n) is 8.60. The van der Waals surface area contributed by atoms with E-state index in [1.54, 1.807) is 0 Å². The highest BCUT2D eigenvalue weighted by atomic mass is 16.8. The summed E-state index contributed by atoms with van der Waals surface area (Å²) in [6, 6.07) is 0. The van der Waals surface area contributed by atoms with E-state index in [2.05, 4.69) is 15.6 Å². The van der Waals surface area contributed by atoms with E-state index in [0.717, 1.165) is 53.1 Å². The van der Waals surface area contributed by atoms with Crippen LogP contribution in [0.3, 0.4) is 0 Å². The molecule has 2 amide bonds. The van der Waals surface area contributed by atoms with Crippen LogP contribution in [0.5, 0.6) is 0 Å². The van der Waals surface area contributed by atoms with Crippen molar-refractivity contribution < 1.29 is 95.3 Å². The third-order valence-corrected chi connectivity index (χ3v) is 8.60. The van der Waals surface area contributed by atoms with Crippen molar-refractivity contribution >= 4 is 53.8 Å². The van der Waals surface area contributed by atoms with Gasteiger partial charge in [0.15, 0.2) is 43.0 Å². The predicted molar refractivity (Wildman–Crippen MR) is 188 cm³/mol. The maximum Gasteiger partial charge on any atom is 0.410 e. The van der Waals surface area contributed by atoms with E-state index in [1.165, 1.54) is 18.0 Å². The number of rotatable bonds is 16. The molecule has 0 saturated carbocycles. The van der Waals surface area contributed by atoms with Crippen LogP contribution in [0.15, 0.2) is 6.20 Å². The second-order valence-corrected chi connectivity index (χ2v) is 13.7. The number of aromatic nitrogens is 3. The van der Waals surface area contributed by atoms with Gasteiger partial charge in [-0.2, -0.15) is 0 Å². The van der Waals surface area contributed by atoms with Crippen molar-refractivity contribution in [2.24, 2.45) is 0 Å². The van der Waals surface area contributed by atoms with Gasteiger partial charge in [0.25, 0.3) is 0 Å². The van der Waals surface area contributed by atoms with Gasteiger partial charge in [0, 0.05) is 55.4 Å². The van der Waals surface area contributed by atoms with Crippen molar-refractivity contribution in [1.29, 1.82) is 0 Å². The van der Waals surface area contributed by atoms with E-state index in [0.29, 0.717) is 0 Å². The van der Waals surface area contributed by atoms with E-state index in [1.807, 2.05) is 0 Å². The molecule has 0 aliphatic carbocycles. The molecule has 1 aromatic heterocycles. The second kappa shape index (κ2) is 20.8. The first kappa shape index (κ1) is 46.7. The molecule has 0 spiro atoms. The zero-order chi connectivity index (χ0) is 44.4. The van der Waals surface area contributed by atoms with Crippen molar-refractivity contribution in [2.75, 3.05) is 26.3 Å². The molecule has 3 saturated heterocycles. The highest BCUT2D eigenvalue weighted by Crippen LogP contribution is 2.38. The molecule has 1 N–H and O–H groups in total. The van der Waals surface area contributed by atoms with E-state index in [4.69, 9.17) is 52.1 Å². The predicted octanol–water partition coefficient (Wildman–Crippen LogP) is -1.47. The molecule has 332 valence electrons. The standard InChI is InChI=1S/C35H47N5O20/c1-15(41)36-9-24-12-39(35(49)57-24)10-23-11-40(38-37-23)33-31(55-21(7)47)29(53-19(5)45)28(25(58-33)13-50-16(2)42)60-34-32(56-22(8)48)30(54-20(6)46)27(52-18(4)44)26(59-34)14-51-17(3)43/h11,24-34H,9-10,12-14H2,1-8H3,(H,36,41)/t24?,25-,26-,27+,28-,29+,30+,31-,32-,33-,34+/m1/s1. The van der Waals surface area contributed by atoms with Gasteiger partial charge in [-0.05, 0) is 0 Å². The van der Waals surface area contributed by atoms with Gasteiger partial charge in [-0.3, -0.25) is 43.3 Å². The van der Waals surface area contributed by atoms with E-state index < -0.39 is 129 Å². The molecule has 1 unspecified atom stereocenters. The number of hydrogen-bond acceptors (Lipinski definition) is 22. The van der Waals surface area contributed by atoms with Gasteiger partial charge >= 0.3 is 47.9 Å². The maximum atomic E-state index is 12.8. The fraction of sp³-hybridized carbons (Fsp3) is 0.686. The molecule has 25 heteroatoms. The van der Waals surface area contributed by atoms with Gasteiger partial charge in [-0.25, -0.2) is 9.48 Å². The number of cyclic esters (lactones) is 1. The summed E-state index contributed by atoms with van der Waals surface area (Å²) in [6.07, 6.45) is -16.3. The molecule has 60 heavy (non-hydrogen) atoms. The average Bonchev–Trinajstić information content (AvgIpc) is 3.74. The Morgan fingerprint density at radius 2 is 1.17 bits per heavy atom. The summed E-state index contributed by atoms with van der Waals surface area (Å²) in [5.74, 6) is -6.47. The molecule has 0 radical (unpaired) electrons. The Morgan fingerprint density at radius 3 is 1.70 bits per heavy atom. The summed E-state index contributed by atoms with van der Waals surface area (Å²) >= 11 is 0. The zero-order valence-electron chi connectivity index (χ0n) is 33.9. The van der Waals surface area contributed by atoms with Crippen LogP contribution >= 0.6 is 0 Å². The molecular weight excluding hydrogens is 810 g/mol. The number of nitrogens with zero attached hydrogens (tertiary/aromatic N) is 4. The van der Waals surface area contributed by atoms with Gasteiger partial charge in [0.2, 0.25) is 5.91 Å². The first-order chi connectivity index (χ1) is 28.2. The summed E-state index contributed by atoms with van der Waals surface area (Å²) in [5, 5.41) is 10.8. The molecule has 4 rings (SSSR count). The summed E-state index contributed by atoms with van der Waals surface area (Å²) in [6.45, 7) is 7.45. The monoisotopic (exact) mass is 857 g/mol. The fourth-order valence-corrected chi connectivity index (χ4v) is 6.48. The maximum absolute atomic E-state index is 12.8. The summed E-state index contributed by atoms with van der Waals surface area (Å²) in [5.41, 5.74) is 0.189. The molecule has 11 atom stereocenters. The van der Waals surface area contributed by atoms with Crippen molar-refractivity contribution in [1.82, 2.24) is 25.2 Å². The largest absolute Gasteiger partial charge is 0.463 e. The smallest absolute Gasteiger partial charge is 0.410 e. The van der Waals surface area contributed by atoms with E-state index in [-0.39, 0.29) is 31.2 Å². The lowest BCUT2D eigenvalue weighted by Crippen LogP contribution is -2.66. The van der Waals surface area contributed by atoms with Gasteiger partial charge in [0.05, 0.1) is 25.8 Å². The van der Waals surface area contributed by atoms with Crippen LogP contribution in [0, 0.1) is 0 Å². The van der Waals surface area contributed by atoms with E-state index >= 15 is 0 Å². The van der Waals surface area contributed by atoms with Crippen LogP contribution in [-0.2, 0) is 97.0 Å². The summed E-state index contributed by atoms with van der Waals surface area (Å²) < 4.78 is 63.4. The molecular formula is C35H47N5O20. The van der Waals surface area contributed by atoms with Crippen LogP contribution < -0.4 is 5.32 Å². The Hall–Kier alpha value is -5.95. The number of hydrogen-bond donors (Lipinski definition) is 1. The first-order valence-electron chi connectivity index (χ1n) is 18.4. The molecule has 0 bridgehead atoms. The van der Waals surface area contributed by atoms with Gasteiger partial charge in [-0.15, -0.1) is 5.10 Å². The zero-order valence-corrected chi connectivity index (χ0v) is 33.9. The molecule has 25 nitrogen and oxygen atoms in total. The fourth-order valence-electron chi connectivity index (χ4n) is 6.48. The molecule has 3 aliphatic heterocycles. The van der Waals surface area contributed by atoms with Crippen LogP contribution in [0.2, 0.25) is 0 Å². The lowest BCUT2D eigenvalue weighted by Gasteiger charge is -2.48. The Bertz CT molecular complexity index is 1790. The van der Waals surface area contributed by atoms with Crippen molar-refractivity contribution in [3.63, 3.8) is 0 Å². The van der Waals surface area contributed by atoms with Crippen LogP contribution in [0.25, 0.3) is 0 Å². The lowest BCUT2D eigenvalue weighted by atomic mass is 9.95. The molecule has 3 aliphatic rings. The minimum absolute atomic E-state index is 0.0757. The van der Waals surface area contributed by atoms with Crippen LogP contribution in [-0.4, -0.2) is 161 Å². The Kier molecular flexibility index (Phi) is 16.2. The minimum Gasteiger partial charge on any atom is -0.463 e. The number of ether oxygens (including phenoxy) is 11. The molecule has 1 aromatic rings. The molecule has 0 aromatic carbocycles. The number of carbonyl (C=O) groups is 9. The Labute approximate surface area is 341 Å². The van der Waals surface area contributed by atoms with Gasteiger partial charge in [0.1, 0.15) is 43.3 Å². The second-order valence-electron chi connectivity index (χ2n) is 13.7. The minimum atomic E-state index is -1.86. The number of nitrogens with one attached hydrogen (secondary N) is 1. The van der Waals surface area contributed by atoms with Gasteiger partial charge in [-0.1, -0.05) is 5.21 Å². The summed E-state index contributed by atoms with van der Waals surface area (Å²) in [4.78, 5) is 112. The summed E-state index contributed by atoms with van der Waals surface area (Å²) in [7, 11) is 0. The normalized spacial score (nSPS) is 28.6. The average molecular weight is 858 g/mol. The highest BCUT2D eigenvalue weighted by Gasteiger charge is 2.58. The SMILES string of the molecule is CC(=O)NCC1CN(Cc2cn([C@@H]3O[C@H](COC(C)=O)[C@@H](O[C@@H]4O[C@H](COC(C)=O)[C@H](OC(C)=O)[C@H](OC(C)=O)[C@H]4OC(C)=O)[C@H](OC(C)=O)[C@H]3OC(C)=O)nn2)C(=O)O1. The van der Waals surface area contributed by atoms with E-state index in [9.17, 15) is 43.2 Å². The quantitative estimate of drug-likeness (QED) is 0.146. The van der Waals surface area contributed by atoms with Crippen LogP contribution in [0.4, 0.5) is 4.79 Å². The lowest BCUT2D eigenvalue weighted by molar-refractivity contribution is -0.349. The van der Waals surface area contributed by atoms with Gasteiger partial charge < -0.3 is 57.4 Å². The molecule has 4 heterocycles. The highest BCUT2D eigenvalue weighted by molar-refractivity contribution is 5.73. The first-order valence-corrected chi connectivity index (χ1v) is 18.4. The number of carbonyl (C=O) groups excluding carboxylic acids is 9. The van der Waals surface area contributed by atoms with Crippen molar-refractivity contribution in [3.05, 3.63) is 11.9 Å². The topological polar surface area (TPSA) is 301 Å². The Balaban J connectivity index is 1.76. The third kappa shape index (κ3) is 13.0. The van der Waals surface area contributed by atoms with Crippen molar-refractivity contribution in [3.8, 4) is 0 Å². The van der Waals surface area contributed by atoms with Crippen molar-refractivity contribution in [2.45, 2.75) is 129 Å². The van der Waals surface area contributed by atoms with Crippen LogP contribution in [0.1, 0.15) is 67.3 Å².